The molecule has 0 saturated carbocycles. The van der Waals surface area contributed by atoms with Gasteiger partial charge in [0, 0.05) is 22.4 Å². The molecule has 4 rings (SSSR count). The minimum absolute atomic E-state index is 0.156. The van der Waals surface area contributed by atoms with E-state index in [0.717, 1.165) is 11.1 Å². The van der Waals surface area contributed by atoms with Crippen LogP contribution in [0, 0.1) is 25.2 Å². The molecule has 0 bridgehead atoms. The lowest BCUT2D eigenvalue weighted by atomic mass is 10.0. The molecule has 3 aromatic rings. The van der Waals surface area contributed by atoms with Crippen LogP contribution in [0.4, 0.5) is 5.69 Å². The van der Waals surface area contributed by atoms with E-state index in [2.05, 4.69) is 15.6 Å². The maximum Gasteiger partial charge on any atom is 0.268 e. The van der Waals surface area contributed by atoms with Crippen LogP contribution in [0.25, 0.3) is 5.70 Å². The van der Waals surface area contributed by atoms with Crippen LogP contribution < -0.4 is 20.1 Å². The van der Waals surface area contributed by atoms with Gasteiger partial charge in [-0.05, 0) is 55.3 Å². The highest BCUT2D eigenvalue weighted by atomic mass is 16.5. The Kier molecular flexibility index (Phi) is 6.84. The Morgan fingerprint density at radius 3 is 2.17 bits per heavy atom. The average Bonchev–Trinajstić information content (AvgIpc) is 3.21. The minimum Gasteiger partial charge on any atom is -0.493 e. The summed E-state index contributed by atoms with van der Waals surface area (Å²) < 4.78 is 10.5. The van der Waals surface area contributed by atoms with Crippen LogP contribution >= 0.6 is 0 Å². The summed E-state index contributed by atoms with van der Waals surface area (Å²) in [5.41, 5.74) is 4.11. The van der Waals surface area contributed by atoms with Gasteiger partial charge in [0.2, 0.25) is 0 Å². The Balaban J connectivity index is 1.68. The zero-order chi connectivity index (χ0) is 25.8. The topological polar surface area (TPSA) is 113 Å². The summed E-state index contributed by atoms with van der Waals surface area (Å²) in [6, 6.07) is 19.5. The number of nitrogens with zero attached hydrogens (tertiary/aromatic N) is 2. The highest BCUT2D eigenvalue weighted by Gasteiger charge is 2.27. The van der Waals surface area contributed by atoms with Crippen molar-refractivity contribution in [2.24, 2.45) is 4.99 Å². The fourth-order valence-corrected chi connectivity index (χ4v) is 4.02. The van der Waals surface area contributed by atoms with Gasteiger partial charge in [-0.25, -0.2) is 4.99 Å². The van der Waals surface area contributed by atoms with Crippen molar-refractivity contribution in [2.45, 2.75) is 13.8 Å². The molecular weight excluding hydrogens is 456 g/mol. The second kappa shape index (κ2) is 10.2. The third-order valence-corrected chi connectivity index (χ3v) is 5.59. The van der Waals surface area contributed by atoms with Crippen LogP contribution in [0.3, 0.4) is 0 Å². The van der Waals surface area contributed by atoms with Crippen LogP contribution in [-0.4, -0.2) is 31.9 Å². The number of amides is 2. The molecule has 0 fully saturated rings. The monoisotopic (exact) mass is 480 g/mol. The van der Waals surface area contributed by atoms with Crippen LogP contribution in [0.2, 0.25) is 0 Å². The summed E-state index contributed by atoms with van der Waals surface area (Å²) in [6.07, 6.45) is 0. The maximum atomic E-state index is 13.1. The molecule has 8 nitrogen and oxygen atoms in total. The number of anilines is 1. The van der Waals surface area contributed by atoms with Gasteiger partial charge in [-0.3, -0.25) is 9.59 Å². The van der Waals surface area contributed by atoms with Crippen LogP contribution in [-0.2, 0) is 4.79 Å². The third kappa shape index (κ3) is 4.81. The molecule has 0 spiro atoms. The summed E-state index contributed by atoms with van der Waals surface area (Å²) in [4.78, 5) is 30.6. The highest BCUT2D eigenvalue weighted by Crippen LogP contribution is 2.32. The molecule has 0 aliphatic carbocycles. The van der Waals surface area contributed by atoms with E-state index in [9.17, 15) is 14.9 Å². The molecule has 3 aromatic carbocycles. The first-order chi connectivity index (χ1) is 17.3. The van der Waals surface area contributed by atoms with Gasteiger partial charge in [-0.1, -0.05) is 30.3 Å². The van der Waals surface area contributed by atoms with E-state index in [4.69, 9.17) is 9.47 Å². The number of aliphatic imine (C=N–C) groups is 1. The molecule has 0 aromatic heterocycles. The predicted molar refractivity (Wildman–Crippen MR) is 137 cm³/mol. The number of ether oxygens (including phenoxy) is 2. The highest BCUT2D eigenvalue weighted by molar-refractivity contribution is 6.21. The van der Waals surface area contributed by atoms with Crippen molar-refractivity contribution in [3.8, 4) is 17.6 Å². The molecule has 1 aliphatic rings. The maximum absolute atomic E-state index is 13.1. The van der Waals surface area contributed by atoms with Crippen LogP contribution in [0.5, 0.6) is 11.5 Å². The van der Waals surface area contributed by atoms with Crippen molar-refractivity contribution in [3.63, 3.8) is 0 Å². The van der Waals surface area contributed by atoms with Crippen molar-refractivity contribution in [1.29, 1.82) is 5.26 Å². The molecule has 1 aliphatic heterocycles. The molecule has 0 unspecified atom stereocenters. The zero-order valence-corrected chi connectivity index (χ0v) is 20.3. The smallest absolute Gasteiger partial charge is 0.268 e. The van der Waals surface area contributed by atoms with Gasteiger partial charge < -0.3 is 20.1 Å². The summed E-state index contributed by atoms with van der Waals surface area (Å²) in [5, 5.41) is 15.4. The number of carbonyl (C=O) groups is 2. The first kappa shape index (κ1) is 24.2. The molecule has 36 heavy (non-hydrogen) atoms. The lowest BCUT2D eigenvalue weighted by Gasteiger charge is -2.10. The molecule has 8 heteroatoms. The van der Waals surface area contributed by atoms with Gasteiger partial charge in [-0.2, -0.15) is 5.26 Å². The summed E-state index contributed by atoms with van der Waals surface area (Å²) >= 11 is 0. The fourth-order valence-electron chi connectivity index (χ4n) is 4.02. The zero-order valence-electron chi connectivity index (χ0n) is 20.3. The molecule has 1 heterocycles. The molecule has 0 saturated heterocycles. The third-order valence-electron chi connectivity index (χ3n) is 5.59. The van der Waals surface area contributed by atoms with Gasteiger partial charge in [0.1, 0.15) is 17.5 Å². The Labute approximate surface area is 208 Å². The van der Waals surface area contributed by atoms with Gasteiger partial charge in [0.25, 0.3) is 11.8 Å². The van der Waals surface area contributed by atoms with E-state index in [1.54, 1.807) is 42.5 Å². The number of benzene rings is 3. The van der Waals surface area contributed by atoms with Gasteiger partial charge in [-0.15, -0.1) is 0 Å². The Hall–Kier alpha value is -4.90. The van der Waals surface area contributed by atoms with Crippen LogP contribution in [0.15, 0.2) is 71.2 Å². The molecule has 2 amide bonds. The number of carbonyl (C=O) groups excluding carboxylic acids is 2. The van der Waals surface area contributed by atoms with Gasteiger partial charge >= 0.3 is 0 Å². The summed E-state index contributed by atoms with van der Waals surface area (Å²) in [7, 11) is 3.00. The Morgan fingerprint density at radius 2 is 1.53 bits per heavy atom. The number of fused-ring (bicyclic) bond motifs is 1. The molecule has 180 valence electrons. The SMILES string of the molecule is COc1ccc(C(=O)NC2=N/C(=C(/C#N)C(=O)Nc3cc(C)cc(C)c3)c3ccccc32)cc1OC. The second-order valence-electron chi connectivity index (χ2n) is 8.20. The number of amidine groups is 1. The van der Waals surface area contributed by atoms with E-state index in [1.807, 2.05) is 38.1 Å². The predicted octanol–water partition coefficient (Wildman–Crippen LogP) is 4.38. The number of rotatable bonds is 5. The number of aryl methyl sites for hydroxylation is 2. The molecule has 0 radical (unpaired) electrons. The van der Waals surface area contributed by atoms with Crippen molar-refractivity contribution in [2.75, 3.05) is 19.5 Å². The van der Waals surface area contributed by atoms with Crippen molar-refractivity contribution in [3.05, 3.63) is 94.1 Å². The number of hydrogen-bond donors (Lipinski definition) is 2. The number of hydrogen-bond acceptors (Lipinski definition) is 6. The first-order valence-corrected chi connectivity index (χ1v) is 11.1. The summed E-state index contributed by atoms with van der Waals surface area (Å²) in [5.74, 6) is 0.144. The molecular formula is C28H24N4O4. The standard InChI is InChI=1S/C28H24N4O4/c1-16-11-17(2)13-19(12-16)30-28(34)22(15-29)25-20-7-5-6-8-21(20)26(31-25)32-27(33)18-9-10-23(35-3)24(14-18)36-4/h5-14H,1-4H3,(H,30,34)(H,31,32,33)/b25-22-. The van der Waals surface area contributed by atoms with Crippen molar-refractivity contribution < 1.29 is 19.1 Å². The lowest BCUT2D eigenvalue weighted by molar-refractivity contribution is -0.112. The van der Waals surface area contributed by atoms with Crippen molar-refractivity contribution in [1.82, 2.24) is 5.32 Å². The van der Waals surface area contributed by atoms with Gasteiger partial charge in [0.15, 0.2) is 11.5 Å². The normalized spacial score (nSPS) is 13.1. The van der Waals surface area contributed by atoms with E-state index < -0.39 is 11.8 Å². The van der Waals surface area contributed by atoms with E-state index in [1.165, 1.54) is 14.2 Å². The summed E-state index contributed by atoms with van der Waals surface area (Å²) in [6.45, 7) is 3.86. The minimum atomic E-state index is -0.580. The van der Waals surface area contributed by atoms with Gasteiger partial charge in [0.05, 0.1) is 19.9 Å². The number of nitriles is 1. The van der Waals surface area contributed by atoms with E-state index in [0.29, 0.717) is 33.9 Å². The average molecular weight is 481 g/mol. The lowest BCUT2D eigenvalue weighted by Crippen LogP contribution is -2.30. The quantitative estimate of drug-likeness (QED) is 0.416. The van der Waals surface area contributed by atoms with Crippen LogP contribution in [0.1, 0.15) is 32.6 Å². The largest absolute Gasteiger partial charge is 0.493 e. The second-order valence-corrected chi connectivity index (χ2v) is 8.20. The Morgan fingerprint density at radius 1 is 0.861 bits per heavy atom. The van der Waals surface area contributed by atoms with E-state index in [-0.39, 0.29) is 17.1 Å². The van der Waals surface area contributed by atoms with Crippen molar-refractivity contribution >= 4 is 29.0 Å². The first-order valence-electron chi connectivity index (χ1n) is 11.1. The van der Waals surface area contributed by atoms with E-state index >= 15 is 0 Å². The molecule has 2 N–H and O–H groups in total. The number of methoxy groups -OCH3 is 2. The fraction of sp³-hybridized carbons (Fsp3) is 0.143. The number of nitrogens with one attached hydrogen (secondary N) is 2. The molecule has 0 atom stereocenters. The Bertz CT molecular complexity index is 1460.